The highest BCUT2D eigenvalue weighted by atomic mass is 32.2. The molecule has 2 fully saturated rings. The average Bonchev–Trinajstić information content (AvgIpc) is 3.67. The van der Waals surface area contributed by atoms with Gasteiger partial charge in [-0.1, -0.05) is 42.1 Å². The molecule has 0 spiro atoms. The molecule has 0 bridgehead atoms. The normalized spacial score (nSPS) is 16.6. The highest BCUT2D eigenvalue weighted by Gasteiger charge is 2.36. The summed E-state index contributed by atoms with van der Waals surface area (Å²) in [4.78, 5) is 21.3. The van der Waals surface area contributed by atoms with Crippen LogP contribution >= 0.6 is 23.1 Å². The molecule has 3 aromatic heterocycles. The minimum atomic E-state index is -0.0759. The van der Waals surface area contributed by atoms with Crippen molar-refractivity contribution in [3.05, 3.63) is 57.7 Å². The second-order valence-corrected chi connectivity index (χ2v) is 9.51. The molecule has 6 rings (SSSR count). The first kappa shape index (κ1) is 17.4. The molecule has 1 aromatic carbocycles. The third-order valence-corrected chi connectivity index (χ3v) is 7.29. The van der Waals surface area contributed by atoms with Crippen molar-refractivity contribution in [2.24, 2.45) is 0 Å². The zero-order chi connectivity index (χ0) is 19.4. The number of hydrogen-bond donors (Lipinski definition) is 1. The van der Waals surface area contributed by atoms with E-state index >= 15 is 0 Å². The monoisotopic (exact) mass is 421 g/mol. The van der Waals surface area contributed by atoms with Gasteiger partial charge in [0, 0.05) is 22.9 Å². The van der Waals surface area contributed by atoms with Crippen LogP contribution in [-0.2, 0) is 5.75 Å². The second-order valence-electron chi connectivity index (χ2n) is 7.71. The standard InChI is InChI=1S/C21H19N5OS2/c27-19-17-15(12-4-2-1-3-5-12)10-28-20(17)23-16(22-19)11-29-21-25-24-18(13-6-7-13)26(21)14-8-9-14/h1-5,10,13-14H,6-9,11H2,(H,22,23,27). The van der Waals surface area contributed by atoms with Crippen molar-refractivity contribution in [2.75, 3.05) is 0 Å². The Morgan fingerprint density at radius 2 is 1.97 bits per heavy atom. The molecule has 8 heteroatoms. The predicted molar refractivity (Wildman–Crippen MR) is 116 cm³/mol. The number of nitrogens with zero attached hydrogens (tertiary/aromatic N) is 4. The van der Waals surface area contributed by atoms with Crippen molar-refractivity contribution in [1.82, 2.24) is 24.7 Å². The Balaban J connectivity index is 1.29. The maximum atomic E-state index is 12.8. The molecule has 0 aliphatic heterocycles. The number of fused-ring (bicyclic) bond motifs is 1. The molecule has 0 radical (unpaired) electrons. The van der Waals surface area contributed by atoms with Crippen LogP contribution in [0.3, 0.4) is 0 Å². The Labute approximate surface area is 175 Å². The van der Waals surface area contributed by atoms with Gasteiger partial charge in [-0.05, 0) is 31.2 Å². The van der Waals surface area contributed by atoms with Gasteiger partial charge < -0.3 is 9.55 Å². The molecule has 2 aliphatic rings. The minimum absolute atomic E-state index is 0.0759. The van der Waals surface area contributed by atoms with Crippen molar-refractivity contribution in [1.29, 1.82) is 0 Å². The molecule has 29 heavy (non-hydrogen) atoms. The van der Waals surface area contributed by atoms with Crippen LogP contribution in [0, 0.1) is 0 Å². The zero-order valence-corrected chi connectivity index (χ0v) is 17.3. The molecule has 2 aliphatic carbocycles. The number of thioether (sulfide) groups is 1. The summed E-state index contributed by atoms with van der Waals surface area (Å²) in [5, 5.41) is 12.5. The highest BCUT2D eigenvalue weighted by molar-refractivity contribution is 7.98. The van der Waals surface area contributed by atoms with Crippen LogP contribution in [0.25, 0.3) is 21.3 Å². The Kier molecular flexibility index (Phi) is 4.09. The molecule has 1 N–H and O–H groups in total. The Hall–Kier alpha value is -2.45. The van der Waals surface area contributed by atoms with E-state index in [2.05, 4.69) is 19.7 Å². The van der Waals surface area contributed by atoms with E-state index in [1.165, 1.54) is 37.0 Å². The molecular formula is C21H19N5OS2. The van der Waals surface area contributed by atoms with Crippen LogP contribution in [0.15, 0.2) is 45.7 Å². The lowest BCUT2D eigenvalue weighted by Gasteiger charge is -2.08. The zero-order valence-electron chi connectivity index (χ0n) is 15.7. The van der Waals surface area contributed by atoms with Gasteiger partial charge in [-0.25, -0.2) is 4.98 Å². The predicted octanol–water partition coefficient (Wildman–Crippen LogP) is 4.75. The van der Waals surface area contributed by atoms with Crippen molar-refractivity contribution < 1.29 is 0 Å². The largest absolute Gasteiger partial charge is 0.309 e. The van der Waals surface area contributed by atoms with E-state index in [0.29, 0.717) is 28.9 Å². The van der Waals surface area contributed by atoms with Crippen LogP contribution in [0.2, 0.25) is 0 Å². The topological polar surface area (TPSA) is 76.5 Å². The van der Waals surface area contributed by atoms with Crippen molar-refractivity contribution >= 4 is 33.3 Å². The number of H-pyrrole nitrogens is 1. The molecule has 6 nitrogen and oxygen atoms in total. The summed E-state index contributed by atoms with van der Waals surface area (Å²) >= 11 is 3.14. The van der Waals surface area contributed by atoms with Gasteiger partial charge in [0.25, 0.3) is 5.56 Å². The molecule has 0 saturated heterocycles. The first-order chi connectivity index (χ1) is 14.3. The second kappa shape index (κ2) is 6.81. The Morgan fingerprint density at radius 1 is 1.14 bits per heavy atom. The van der Waals surface area contributed by atoms with E-state index < -0.39 is 0 Å². The molecule has 0 unspecified atom stereocenters. The van der Waals surface area contributed by atoms with Gasteiger partial charge in [0.2, 0.25) is 0 Å². The van der Waals surface area contributed by atoms with Gasteiger partial charge in [0.05, 0.1) is 11.1 Å². The lowest BCUT2D eigenvalue weighted by molar-refractivity contribution is 0.626. The number of benzene rings is 1. The van der Waals surface area contributed by atoms with Gasteiger partial charge in [-0.15, -0.1) is 21.5 Å². The molecule has 3 heterocycles. The van der Waals surface area contributed by atoms with Gasteiger partial charge >= 0.3 is 0 Å². The number of aromatic amines is 1. The van der Waals surface area contributed by atoms with E-state index in [1.54, 1.807) is 11.8 Å². The van der Waals surface area contributed by atoms with Crippen molar-refractivity contribution in [3.63, 3.8) is 0 Å². The summed E-state index contributed by atoms with van der Waals surface area (Å²) < 4.78 is 2.33. The SMILES string of the molecule is O=c1[nH]c(CSc2nnc(C3CC3)n2C2CC2)nc2scc(-c3ccccc3)c12. The minimum Gasteiger partial charge on any atom is -0.309 e. The fraction of sp³-hybridized carbons (Fsp3) is 0.333. The lowest BCUT2D eigenvalue weighted by Crippen LogP contribution is -2.11. The summed E-state index contributed by atoms with van der Waals surface area (Å²) in [7, 11) is 0. The molecule has 146 valence electrons. The first-order valence-corrected chi connectivity index (χ1v) is 11.8. The van der Waals surface area contributed by atoms with Crippen molar-refractivity contribution in [2.45, 2.75) is 48.6 Å². The number of thiophene rings is 1. The smallest absolute Gasteiger partial charge is 0.260 e. The van der Waals surface area contributed by atoms with Crippen LogP contribution in [0.4, 0.5) is 0 Å². The number of hydrogen-bond acceptors (Lipinski definition) is 6. The molecule has 2 saturated carbocycles. The van der Waals surface area contributed by atoms with Crippen LogP contribution in [0.1, 0.15) is 49.3 Å². The van der Waals surface area contributed by atoms with E-state index in [9.17, 15) is 4.79 Å². The Bertz CT molecular complexity index is 1250. The molecule has 0 atom stereocenters. The van der Waals surface area contributed by atoms with Gasteiger partial charge in [-0.2, -0.15) is 0 Å². The summed E-state index contributed by atoms with van der Waals surface area (Å²) in [6, 6.07) is 10.5. The third-order valence-electron chi connectivity index (χ3n) is 5.46. The summed E-state index contributed by atoms with van der Waals surface area (Å²) in [5.74, 6) is 3.01. The quantitative estimate of drug-likeness (QED) is 0.455. The summed E-state index contributed by atoms with van der Waals surface area (Å²) in [6.07, 6.45) is 4.88. The number of rotatable bonds is 6. The first-order valence-electron chi connectivity index (χ1n) is 9.91. The lowest BCUT2D eigenvalue weighted by atomic mass is 10.1. The van der Waals surface area contributed by atoms with E-state index in [-0.39, 0.29) is 5.56 Å². The fourth-order valence-corrected chi connectivity index (χ4v) is 5.56. The molecular weight excluding hydrogens is 402 g/mol. The fourth-order valence-electron chi connectivity index (χ4n) is 3.71. The van der Waals surface area contributed by atoms with Gasteiger partial charge in [0.15, 0.2) is 5.16 Å². The number of aromatic nitrogens is 5. The van der Waals surface area contributed by atoms with Crippen LogP contribution in [0.5, 0.6) is 0 Å². The van der Waals surface area contributed by atoms with E-state index in [4.69, 9.17) is 4.98 Å². The van der Waals surface area contributed by atoms with Gasteiger partial charge in [-0.3, -0.25) is 4.79 Å². The average molecular weight is 422 g/mol. The van der Waals surface area contributed by atoms with Crippen LogP contribution < -0.4 is 5.56 Å². The van der Waals surface area contributed by atoms with Crippen LogP contribution in [-0.4, -0.2) is 24.7 Å². The summed E-state index contributed by atoms with van der Waals surface area (Å²) in [6.45, 7) is 0. The third kappa shape index (κ3) is 3.20. The summed E-state index contributed by atoms with van der Waals surface area (Å²) in [5.41, 5.74) is 1.91. The van der Waals surface area contributed by atoms with Crippen molar-refractivity contribution in [3.8, 4) is 11.1 Å². The maximum absolute atomic E-state index is 12.8. The van der Waals surface area contributed by atoms with E-state index in [1.807, 2.05) is 35.7 Å². The molecule has 4 aromatic rings. The van der Waals surface area contributed by atoms with Gasteiger partial charge in [0.1, 0.15) is 16.5 Å². The Morgan fingerprint density at radius 3 is 2.72 bits per heavy atom. The number of nitrogens with one attached hydrogen (secondary N) is 1. The maximum Gasteiger partial charge on any atom is 0.260 e. The molecule has 0 amide bonds. The highest BCUT2D eigenvalue weighted by Crippen LogP contribution is 2.46. The van der Waals surface area contributed by atoms with E-state index in [0.717, 1.165) is 26.9 Å².